The molecule has 1 aromatic rings. The quantitative estimate of drug-likeness (QED) is 0.469. The Bertz CT molecular complexity index is 432. The number of hydrogen-bond donors (Lipinski definition) is 1. The van der Waals surface area contributed by atoms with Gasteiger partial charge in [0.25, 0.3) is 5.69 Å². The molecule has 1 rings (SSSR count). The van der Waals surface area contributed by atoms with E-state index < -0.39 is 17.5 Å². The van der Waals surface area contributed by atoms with Gasteiger partial charge in [-0.25, -0.2) is 0 Å². The lowest BCUT2D eigenvalue weighted by atomic mass is 10.1. The van der Waals surface area contributed by atoms with Gasteiger partial charge in [0.1, 0.15) is 0 Å². The van der Waals surface area contributed by atoms with Crippen molar-refractivity contribution >= 4 is 5.69 Å². The molecule has 1 unspecified atom stereocenters. The van der Waals surface area contributed by atoms with Crippen LogP contribution in [0.5, 0.6) is 0 Å². The largest absolute Gasteiger partial charge is 0.389 e. The minimum absolute atomic E-state index is 0.0196. The third-order valence-electron chi connectivity index (χ3n) is 2.94. The predicted molar refractivity (Wildman–Crippen MR) is 69.4 cm³/mol. The molecule has 0 saturated carbocycles. The highest BCUT2D eigenvalue weighted by Crippen LogP contribution is 2.22. The number of non-ortho nitro benzene ring substituents is 1. The van der Waals surface area contributed by atoms with Crippen LogP contribution in [0, 0.1) is 10.1 Å². The van der Waals surface area contributed by atoms with E-state index in [0.717, 1.165) is 5.56 Å². The van der Waals surface area contributed by atoms with Crippen molar-refractivity contribution in [2.75, 3.05) is 6.54 Å². The van der Waals surface area contributed by atoms with Crippen LogP contribution in [0.1, 0.15) is 37.8 Å². The fourth-order valence-electron chi connectivity index (χ4n) is 1.77. The van der Waals surface area contributed by atoms with Crippen molar-refractivity contribution in [2.45, 2.75) is 38.4 Å². The van der Waals surface area contributed by atoms with E-state index >= 15 is 0 Å². The molecule has 20 heavy (non-hydrogen) atoms. The Kier molecular flexibility index (Phi) is 5.94. The molecule has 0 aromatic heterocycles. The van der Waals surface area contributed by atoms with Crippen molar-refractivity contribution in [1.82, 2.24) is 5.32 Å². The SMILES string of the molecule is CC(NCCCCC(F)(F)F)c1ccc([N+](=O)[O-])cc1. The van der Waals surface area contributed by atoms with Gasteiger partial charge in [-0.1, -0.05) is 12.1 Å². The highest BCUT2D eigenvalue weighted by Gasteiger charge is 2.25. The number of nitro groups is 1. The van der Waals surface area contributed by atoms with Gasteiger partial charge < -0.3 is 5.32 Å². The molecular weight excluding hydrogens is 273 g/mol. The highest BCUT2D eigenvalue weighted by atomic mass is 19.4. The molecule has 0 aliphatic carbocycles. The van der Waals surface area contributed by atoms with Crippen molar-refractivity contribution in [3.05, 3.63) is 39.9 Å². The second kappa shape index (κ2) is 7.23. The molecule has 0 aliphatic heterocycles. The van der Waals surface area contributed by atoms with Crippen molar-refractivity contribution in [1.29, 1.82) is 0 Å². The van der Waals surface area contributed by atoms with Gasteiger partial charge in [0.15, 0.2) is 0 Å². The second-order valence-electron chi connectivity index (χ2n) is 4.60. The van der Waals surface area contributed by atoms with E-state index in [1.807, 2.05) is 6.92 Å². The number of nitrogens with one attached hydrogen (secondary N) is 1. The first-order chi connectivity index (χ1) is 9.29. The fraction of sp³-hybridized carbons (Fsp3) is 0.538. The van der Waals surface area contributed by atoms with E-state index in [0.29, 0.717) is 13.0 Å². The number of nitro benzene ring substituents is 1. The molecule has 0 spiro atoms. The van der Waals surface area contributed by atoms with Gasteiger partial charge in [0.05, 0.1) is 4.92 Å². The third-order valence-corrected chi connectivity index (χ3v) is 2.94. The van der Waals surface area contributed by atoms with E-state index in [1.54, 1.807) is 12.1 Å². The normalized spacial score (nSPS) is 13.2. The Balaban J connectivity index is 2.32. The van der Waals surface area contributed by atoms with Crippen LogP contribution in [0.15, 0.2) is 24.3 Å². The summed E-state index contributed by atoms with van der Waals surface area (Å²) >= 11 is 0. The summed E-state index contributed by atoms with van der Waals surface area (Å²) in [6, 6.07) is 6.06. The van der Waals surface area contributed by atoms with Gasteiger partial charge in [-0.15, -0.1) is 0 Å². The Morgan fingerprint density at radius 2 is 1.85 bits per heavy atom. The van der Waals surface area contributed by atoms with Crippen LogP contribution in [0.3, 0.4) is 0 Å². The van der Waals surface area contributed by atoms with Gasteiger partial charge in [0.2, 0.25) is 0 Å². The molecule has 0 heterocycles. The van der Waals surface area contributed by atoms with Gasteiger partial charge in [-0.3, -0.25) is 10.1 Å². The number of alkyl halides is 3. The molecule has 0 amide bonds. The van der Waals surface area contributed by atoms with E-state index in [4.69, 9.17) is 0 Å². The fourth-order valence-corrected chi connectivity index (χ4v) is 1.77. The summed E-state index contributed by atoms with van der Waals surface area (Å²) in [5.74, 6) is 0. The maximum Gasteiger partial charge on any atom is 0.389 e. The Labute approximate surface area is 115 Å². The number of halogens is 3. The molecule has 1 atom stereocenters. The summed E-state index contributed by atoms with van der Waals surface area (Å²) in [6.07, 6.45) is -4.31. The van der Waals surface area contributed by atoms with Crippen LogP contribution < -0.4 is 5.32 Å². The number of unbranched alkanes of at least 4 members (excludes halogenated alkanes) is 1. The summed E-state index contributed by atoms with van der Waals surface area (Å²) < 4.78 is 35.8. The van der Waals surface area contributed by atoms with E-state index in [-0.39, 0.29) is 18.2 Å². The van der Waals surface area contributed by atoms with Crippen LogP contribution >= 0.6 is 0 Å². The first-order valence-corrected chi connectivity index (χ1v) is 6.34. The van der Waals surface area contributed by atoms with Crippen molar-refractivity contribution in [3.63, 3.8) is 0 Å². The van der Waals surface area contributed by atoms with Crippen LogP contribution in [0.2, 0.25) is 0 Å². The zero-order chi connectivity index (χ0) is 15.2. The van der Waals surface area contributed by atoms with Crippen LogP contribution in [0.25, 0.3) is 0 Å². The monoisotopic (exact) mass is 290 g/mol. The predicted octanol–water partition coefficient (Wildman–Crippen LogP) is 3.98. The maximum atomic E-state index is 11.9. The van der Waals surface area contributed by atoms with E-state index in [2.05, 4.69) is 5.32 Å². The number of nitrogens with zero attached hydrogens (tertiary/aromatic N) is 1. The smallest absolute Gasteiger partial charge is 0.310 e. The summed E-state index contributed by atoms with van der Waals surface area (Å²) in [7, 11) is 0. The lowest BCUT2D eigenvalue weighted by molar-refractivity contribution is -0.384. The number of benzene rings is 1. The van der Waals surface area contributed by atoms with Crippen molar-refractivity contribution < 1.29 is 18.1 Å². The topological polar surface area (TPSA) is 55.2 Å². The van der Waals surface area contributed by atoms with Crippen LogP contribution in [0.4, 0.5) is 18.9 Å². The molecule has 0 fully saturated rings. The van der Waals surface area contributed by atoms with Gasteiger partial charge in [0, 0.05) is 24.6 Å². The van der Waals surface area contributed by atoms with Gasteiger partial charge in [-0.2, -0.15) is 13.2 Å². The Hall–Kier alpha value is -1.63. The number of hydrogen-bond acceptors (Lipinski definition) is 3. The summed E-state index contributed by atoms with van der Waals surface area (Å²) in [4.78, 5) is 10.0. The summed E-state index contributed by atoms with van der Waals surface area (Å²) in [6.45, 7) is 2.35. The van der Waals surface area contributed by atoms with E-state index in [9.17, 15) is 23.3 Å². The second-order valence-corrected chi connectivity index (χ2v) is 4.60. The van der Waals surface area contributed by atoms with Gasteiger partial charge >= 0.3 is 6.18 Å². The van der Waals surface area contributed by atoms with Crippen LogP contribution in [-0.2, 0) is 0 Å². The minimum Gasteiger partial charge on any atom is -0.310 e. The average Bonchev–Trinajstić information content (AvgIpc) is 2.37. The zero-order valence-electron chi connectivity index (χ0n) is 11.1. The van der Waals surface area contributed by atoms with Crippen molar-refractivity contribution in [3.8, 4) is 0 Å². The van der Waals surface area contributed by atoms with Crippen LogP contribution in [-0.4, -0.2) is 17.6 Å². The molecule has 0 saturated heterocycles. The molecule has 112 valence electrons. The third kappa shape index (κ3) is 6.01. The maximum absolute atomic E-state index is 11.9. The summed E-state index contributed by atoms with van der Waals surface area (Å²) in [5.41, 5.74) is 0.887. The molecular formula is C13H17F3N2O2. The van der Waals surface area contributed by atoms with Gasteiger partial charge in [-0.05, 0) is 31.9 Å². The van der Waals surface area contributed by atoms with Crippen molar-refractivity contribution in [2.24, 2.45) is 0 Å². The van der Waals surface area contributed by atoms with E-state index in [1.165, 1.54) is 12.1 Å². The Morgan fingerprint density at radius 3 is 2.35 bits per heavy atom. The lowest BCUT2D eigenvalue weighted by Gasteiger charge is -2.14. The molecule has 0 radical (unpaired) electrons. The highest BCUT2D eigenvalue weighted by molar-refractivity contribution is 5.33. The standard InChI is InChI=1S/C13H17F3N2O2/c1-10(17-9-3-2-8-13(14,15)16)11-4-6-12(7-5-11)18(19)20/h4-7,10,17H,2-3,8-9H2,1H3. The molecule has 1 aromatic carbocycles. The first-order valence-electron chi connectivity index (χ1n) is 6.34. The molecule has 0 aliphatic rings. The average molecular weight is 290 g/mol. The molecule has 0 bridgehead atoms. The zero-order valence-corrected chi connectivity index (χ0v) is 11.1. The molecule has 1 N–H and O–H groups in total. The minimum atomic E-state index is -4.09. The summed E-state index contributed by atoms with van der Waals surface area (Å²) in [5, 5.41) is 13.6. The Morgan fingerprint density at radius 1 is 1.25 bits per heavy atom. The molecule has 7 heteroatoms. The molecule has 4 nitrogen and oxygen atoms in total. The first kappa shape index (κ1) is 16.4. The number of rotatable bonds is 7. The lowest BCUT2D eigenvalue weighted by Crippen LogP contribution is -2.20.